The minimum atomic E-state index is 0.0194. The van der Waals surface area contributed by atoms with Crippen molar-refractivity contribution >= 4 is 33.2 Å². The summed E-state index contributed by atoms with van der Waals surface area (Å²) in [6, 6.07) is 7.61. The van der Waals surface area contributed by atoms with Crippen molar-refractivity contribution in [3.05, 3.63) is 51.9 Å². The Labute approximate surface area is 113 Å². The van der Waals surface area contributed by atoms with E-state index in [4.69, 9.17) is 21.8 Å². The van der Waals surface area contributed by atoms with Gasteiger partial charge in [0.25, 0.3) is 0 Å². The largest absolute Gasteiger partial charge is 0.472 e. The van der Waals surface area contributed by atoms with Crippen molar-refractivity contribution in [2.45, 2.75) is 6.04 Å². The Bertz CT molecular complexity index is 487. The molecule has 90 valence electrons. The van der Waals surface area contributed by atoms with Gasteiger partial charge in [0.05, 0.1) is 23.6 Å². The van der Waals surface area contributed by atoms with Gasteiger partial charge in [-0.1, -0.05) is 11.6 Å². The maximum atomic E-state index is 6.03. The highest BCUT2D eigenvalue weighted by molar-refractivity contribution is 9.10. The van der Waals surface area contributed by atoms with E-state index in [0.29, 0.717) is 11.6 Å². The first-order valence-electron chi connectivity index (χ1n) is 5.14. The summed E-state index contributed by atoms with van der Waals surface area (Å²) in [5.74, 6) is 0. The Hall–Kier alpha value is -0.970. The van der Waals surface area contributed by atoms with Crippen LogP contribution in [0.5, 0.6) is 0 Å². The standard InChI is InChI=1S/C12H12BrClN2O/c13-10-2-1-9(5-11(10)14)16-12(6-15)8-3-4-17-7-8/h1-5,7,12,16H,6,15H2. The van der Waals surface area contributed by atoms with Crippen molar-refractivity contribution in [1.29, 1.82) is 0 Å². The van der Waals surface area contributed by atoms with Gasteiger partial charge in [-0.15, -0.1) is 0 Å². The van der Waals surface area contributed by atoms with E-state index in [2.05, 4.69) is 21.2 Å². The van der Waals surface area contributed by atoms with Gasteiger partial charge in [-0.3, -0.25) is 0 Å². The van der Waals surface area contributed by atoms with Gasteiger partial charge < -0.3 is 15.5 Å². The molecule has 0 radical (unpaired) electrons. The number of hydrogen-bond donors (Lipinski definition) is 2. The lowest BCUT2D eigenvalue weighted by Gasteiger charge is -2.17. The molecule has 1 aromatic carbocycles. The topological polar surface area (TPSA) is 51.2 Å². The molecular weight excluding hydrogens is 304 g/mol. The van der Waals surface area contributed by atoms with Gasteiger partial charge in [0.2, 0.25) is 0 Å². The molecule has 3 nitrogen and oxygen atoms in total. The molecule has 2 aromatic rings. The van der Waals surface area contributed by atoms with Crippen LogP contribution >= 0.6 is 27.5 Å². The van der Waals surface area contributed by atoms with Gasteiger partial charge in [0.1, 0.15) is 0 Å². The monoisotopic (exact) mass is 314 g/mol. The number of nitrogens with two attached hydrogens (primary N) is 1. The van der Waals surface area contributed by atoms with Crippen LogP contribution in [-0.2, 0) is 0 Å². The predicted octanol–water partition coefficient (Wildman–Crippen LogP) is 3.81. The number of benzene rings is 1. The number of nitrogens with one attached hydrogen (secondary N) is 1. The zero-order chi connectivity index (χ0) is 12.3. The Kier molecular flexibility index (Phi) is 4.10. The highest BCUT2D eigenvalue weighted by Crippen LogP contribution is 2.27. The molecule has 1 atom stereocenters. The molecule has 0 saturated heterocycles. The van der Waals surface area contributed by atoms with Crippen molar-refractivity contribution in [2.75, 3.05) is 11.9 Å². The first kappa shape index (κ1) is 12.5. The summed E-state index contributed by atoms with van der Waals surface area (Å²) in [6.07, 6.45) is 3.32. The number of anilines is 1. The smallest absolute Gasteiger partial charge is 0.0955 e. The molecule has 0 bridgehead atoms. The van der Waals surface area contributed by atoms with Crippen LogP contribution in [0, 0.1) is 0 Å². The molecule has 0 aliphatic carbocycles. The summed E-state index contributed by atoms with van der Waals surface area (Å²) < 4.78 is 5.92. The SMILES string of the molecule is NCC(Nc1ccc(Br)c(Cl)c1)c1ccoc1. The lowest BCUT2D eigenvalue weighted by atomic mass is 10.1. The minimum Gasteiger partial charge on any atom is -0.472 e. The average molecular weight is 316 g/mol. The fraction of sp³-hybridized carbons (Fsp3) is 0.167. The zero-order valence-corrected chi connectivity index (χ0v) is 11.3. The van der Waals surface area contributed by atoms with Gasteiger partial charge in [0.15, 0.2) is 0 Å². The molecule has 0 aliphatic rings. The van der Waals surface area contributed by atoms with E-state index in [1.807, 2.05) is 24.3 Å². The molecule has 0 amide bonds. The molecule has 17 heavy (non-hydrogen) atoms. The van der Waals surface area contributed by atoms with Gasteiger partial charge in [-0.25, -0.2) is 0 Å². The van der Waals surface area contributed by atoms with Crippen molar-refractivity contribution in [1.82, 2.24) is 0 Å². The van der Waals surface area contributed by atoms with Crippen LogP contribution in [0.4, 0.5) is 5.69 Å². The van der Waals surface area contributed by atoms with E-state index in [1.54, 1.807) is 12.5 Å². The van der Waals surface area contributed by atoms with Crippen LogP contribution < -0.4 is 11.1 Å². The maximum Gasteiger partial charge on any atom is 0.0955 e. The summed E-state index contributed by atoms with van der Waals surface area (Å²) >= 11 is 9.38. The van der Waals surface area contributed by atoms with Crippen LogP contribution in [0.25, 0.3) is 0 Å². The van der Waals surface area contributed by atoms with Crippen molar-refractivity contribution in [2.24, 2.45) is 5.73 Å². The van der Waals surface area contributed by atoms with Gasteiger partial charge in [-0.05, 0) is 40.2 Å². The summed E-state index contributed by atoms with van der Waals surface area (Å²) in [7, 11) is 0. The van der Waals surface area contributed by atoms with E-state index in [0.717, 1.165) is 15.7 Å². The van der Waals surface area contributed by atoms with Crippen LogP contribution in [0.3, 0.4) is 0 Å². The number of rotatable bonds is 4. The van der Waals surface area contributed by atoms with Crippen molar-refractivity contribution in [3.8, 4) is 0 Å². The Balaban J connectivity index is 2.16. The molecule has 0 aliphatic heterocycles. The van der Waals surface area contributed by atoms with E-state index >= 15 is 0 Å². The van der Waals surface area contributed by atoms with Crippen LogP contribution in [0.2, 0.25) is 5.02 Å². The van der Waals surface area contributed by atoms with Gasteiger partial charge in [0, 0.05) is 22.3 Å². The third kappa shape index (κ3) is 3.03. The van der Waals surface area contributed by atoms with E-state index in [9.17, 15) is 0 Å². The highest BCUT2D eigenvalue weighted by atomic mass is 79.9. The quantitative estimate of drug-likeness (QED) is 0.902. The van der Waals surface area contributed by atoms with E-state index in [1.165, 1.54) is 0 Å². The van der Waals surface area contributed by atoms with Crippen LogP contribution in [0.1, 0.15) is 11.6 Å². The minimum absolute atomic E-state index is 0.0194. The summed E-state index contributed by atoms with van der Waals surface area (Å²) in [6.45, 7) is 0.479. The second-order valence-corrected chi connectivity index (χ2v) is 4.88. The van der Waals surface area contributed by atoms with Crippen molar-refractivity contribution in [3.63, 3.8) is 0 Å². The molecule has 1 aromatic heterocycles. The van der Waals surface area contributed by atoms with Crippen LogP contribution in [0.15, 0.2) is 45.7 Å². The summed E-state index contributed by atoms with van der Waals surface area (Å²) in [5.41, 5.74) is 7.68. The Morgan fingerprint density at radius 2 is 2.24 bits per heavy atom. The number of halogens is 2. The second kappa shape index (κ2) is 5.58. The normalized spacial score (nSPS) is 12.4. The number of furan rings is 1. The second-order valence-electron chi connectivity index (χ2n) is 3.62. The average Bonchev–Trinajstić information content (AvgIpc) is 2.84. The Morgan fingerprint density at radius 3 is 2.82 bits per heavy atom. The van der Waals surface area contributed by atoms with Gasteiger partial charge in [-0.2, -0.15) is 0 Å². The summed E-state index contributed by atoms with van der Waals surface area (Å²) in [4.78, 5) is 0. The molecule has 1 unspecified atom stereocenters. The van der Waals surface area contributed by atoms with Crippen molar-refractivity contribution < 1.29 is 4.42 Å². The molecule has 5 heteroatoms. The van der Waals surface area contributed by atoms with E-state index < -0.39 is 0 Å². The first-order valence-corrected chi connectivity index (χ1v) is 6.31. The molecule has 0 fully saturated rings. The lowest BCUT2D eigenvalue weighted by molar-refractivity contribution is 0.561. The molecule has 1 heterocycles. The third-order valence-corrected chi connectivity index (χ3v) is 3.67. The number of hydrogen-bond acceptors (Lipinski definition) is 3. The predicted molar refractivity (Wildman–Crippen MR) is 73.3 cm³/mol. The molecule has 3 N–H and O–H groups in total. The third-order valence-electron chi connectivity index (χ3n) is 2.44. The molecular formula is C12H12BrClN2O. The van der Waals surface area contributed by atoms with Crippen LogP contribution in [-0.4, -0.2) is 6.54 Å². The molecule has 2 rings (SSSR count). The fourth-order valence-corrected chi connectivity index (χ4v) is 1.97. The lowest BCUT2D eigenvalue weighted by Crippen LogP contribution is -2.19. The van der Waals surface area contributed by atoms with Gasteiger partial charge >= 0.3 is 0 Å². The zero-order valence-electron chi connectivity index (χ0n) is 8.99. The summed E-state index contributed by atoms with van der Waals surface area (Å²) in [5, 5.41) is 3.97. The highest BCUT2D eigenvalue weighted by Gasteiger charge is 2.11. The Morgan fingerprint density at radius 1 is 1.41 bits per heavy atom. The maximum absolute atomic E-state index is 6.03. The first-order chi connectivity index (χ1) is 8.20. The van der Waals surface area contributed by atoms with E-state index in [-0.39, 0.29) is 6.04 Å². The molecule has 0 saturated carbocycles. The molecule has 0 spiro atoms. The fourth-order valence-electron chi connectivity index (χ4n) is 1.54.